The summed E-state index contributed by atoms with van der Waals surface area (Å²) in [4.78, 5) is 0. The van der Waals surface area contributed by atoms with Crippen molar-refractivity contribution in [1.82, 2.24) is 0 Å². The topological polar surface area (TPSA) is 36.9 Å². The molecule has 0 aromatic heterocycles. The Morgan fingerprint density at radius 2 is 1.88 bits per heavy atom. The second-order valence-electron chi connectivity index (χ2n) is 3.96. The third-order valence-corrected chi connectivity index (χ3v) is 2.69. The average Bonchev–Trinajstić information content (AvgIpc) is 2.85. The molecular weight excluding hydrogens is 206 g/mol. The Morgan fingerprint density at radius 3 is 2.69 bits per heavy atom. The van der Waals surface area contributed by atoms with Crippen LogP contribution in [0.4, 0.5) is 0 Å². The lowest BCUT2D eigenvalue weighted by Gasteiger charge is -2.05. The van der Waals surface area contributed by atoms with Gasteiger partial charge in [-0.3, -0.25) is 0 Å². The molecule has 0 N–H and O–H groups in total. The van der Waals surface area contributed by atoms with Crippen molar-refractivity contribution in [2.45, 2.75) is 13.1 Å². The molecule has 0 amide bonds. The fourth-order valence-electron chi connectivity index (χ4n) is 1.97. The van der Waals surface area contributed by atoms with Crippen LogP contribution in [0.2, 0.25) is 6.82 Å². The van der Waals surface area contributed by atoms with Crippen molar-refractivity contribution in [2.24, 2.45) is 0 Å². The Labute approximate surface area is 95.1 Å². The molecule has 1 fully saturated rings. The summed E-state index contributed by atoms with van der Waals surface area (Å²) in [5.41, 5.74) is 1.14. The molecule has 6 heteroatoms. The van der Waals surface area contributed by atoms with Crippen LogP contribution in [0.3, 0.4) is 0 Å². The first-order chi connectivity index (χ1) is 7.81. The smallest absolute Gasteiger partial charge is 0.523 e. The SMILES string of the molecule is CB1Oc2ccc(CB3OCCO3)cc2O1. The fraction of sp³-hybridized carbons (Fsp3) is 0.400. The molecule has 0 spiro atoms. The van der Waals surface area contributed by atoms with Gasteiger partial charge in [0.25, 0.3) is 0 Å². The molecule has 0 radical (unpaired) electrons. The summed E-state index contributed by atoms with van der Waals surface area (Å²) in [7, 11) is -0.304. The fourth-order valence-corrected chi connectivity index (χ4v) is 1.97. The van der Waals surface area contributed by atoms with E-state index in [1.165, 1.54) is 0 Å². The normalized spacial score (nSPS) is 18.3. The van der Waals surface area contributed by atoms with E-state index in [0.717, 1.165) is 23.4 Å². The summed E-state index contributed by atoms with van der Waals surface area (Å²) >= 11 is 0. The highest BCUT2D eigenvalue weighted by atomic mass is 16.6. The lowest BCUT2D eigenvalue weighted by molar-refractivity contribution is 0.365. The minimum absolute atomic E-state index is 0.113. The number of rotatable bonds is 2. The van der Waals surface area contributed by atoms with Gasteiger partial charge in [0.2, 0.25) is 0 Å². The van der Waals surface area contributed by atoms with Crippen LogP contribution in [0.1, 0.15) is 5.56 Å². The largest absolute Gasteiger partial charge is 0.591 e. The van der Waals surface area contributed by atoms with Gasteiger partial charge in [-0.2, -0.15) is 0 Å². The van der Waals surface area contributed by atoms with Crippen molar-refractivity contribution in [3.8, 4) is 11.5 Å². The lowest BCUT2D eigenvalue weighted by Crippen LogP contribution is -2.18. The van der Waals surface area contributed by atoms with E-state index >= 15 is 0 Å². The van der Waals surface area contributed by atoms with E-state index in [2.05, 4.69) is 0 Å². The van der Waals surface area contributed by atoms with Crippen molar-refractivity contribution in [2.75, 3.05) is 13.2 Å². The van der Waals surface area contributed by atoms with Gasteiger partial charge in [-0.05, 0) is 24.5 Å². The molecule has 4 nitrogen and oxygen atoms in total. The summed E-state index contributed by atoms with van der Waals surface area (Å²) < 4.78 is 21.8. The third kappa shape index (κ3) is 1.90. The van der Waals surface area contributed by atoms with Gasteiger partial charge in [-0.25, -0.2) is 0 Å². The molecule has 0 unspecified atom stereocenters. The average molecular weight is 218 g/mol. The van der Waals surface area contributed by atoms with Gasteiger partial charge >= 0.3 is 14.2 Å². The van der Waals surface area contributed by atoms with Crippen LogP contribution < -0.4 is 9.31 Å². The molecule has 0 bridgehead atoms. The van der Waals surface area contributed by atoms with E-state index in [4.69, 9.17) is 18.6 Å². The molecule has 1 aromatic rings. The zero-order valence-electron chi connectivity index (χ0n) is 9.14. The van der Waals surface area contributed by atoms with Crippen LogP contribution in [0.25, 0.3) is 0 Å². The molecule has 82 valence electrons. The highest BCUT2D eigenvalue weighted by Gasteiger charge is 2.28. The first-order valence-electron chi connectivity index (χ1n) is 5.51. The Bertz CT molecular complexity index is 392. The van der Waals surface area contributed by atoms with E-state index < -0.39 is 0 Å². The molecule has 0 saturated carbocycles. The van der Waals surface area contributed by atoms with Crippen LogP contribution in [0.5, 0.6) is 11.5 Å². The molecule has 2 aliphatic heterocycles. The zero-order chi connectivity index (χ0) is 11.0. The number of benzene rings is 1. The molecule has 3 rings (SSSR count). The maximum Gasteiger partial charge on any atom is 0.591 e. The summed E-state index contributed by atoms with van der Waals surface area (Å²) in [6, 6.07) is 5.94. The minimum Gasteiger partial charge on any atom is -0.523 e. The summed E-state index contributed by atoms with van der Waals surface area (Å²) in [6.07, 6.45) is 0.755. The van der Waals surface area contributed by atoms with E-state index in [1.807, 2.05) is 25.0 Å². The van der Waals surface area contributed by atoms with Gasteiger partial charge in [0.1, 0.15) is 11.5 Å². The van der Waals surface area contributed by atoms with Gasteiger partial charge < -0.3 is 18.6 Å². The lowest BCUT2D eigenvalue weighted by atomic mass is 9.81. The Morgan fingerprint density at radius 1 is 1.12 bits per heavy atom. The van der Waals surface area contributed by atoms with E-state index in [1.54, 1.807) is 0 Å². The van der Waals surface area contributed by atoms with Crippen molar-refractivity contribution >= 4 is 14.2 Å². The Balaban J connectivity index is 1.74. The summed E-state index contributed by atoms with van der Waals surface area (Å²) in [5, 5.41) is 0. The van der Waals surface area contributed by atoms with E-state index in [0.29, 0.717) is 13.2 Å². The maximum absolute atomic E-state index is 5.51. The molecular formula is C10H12B2O4. The maximum atomic E-state index is 5.51. The second-order valence-corrected chi connectivity index (χ2v) is 3.96. The molecule has 1 aromatic carbocycles. The van der Waals surface area contributed by atoms with Crippen molar-refractivity contribution in [1.29, 1.82) is 0 Å². The highest BCUT2D eigenvalue weighted by Crippen LogP contribution is 2.34. The number of fused-ring (bicyclic) bond motifs is 1. The van der Waals surface area contributed by atoms with Gasteiger partial charge in [-0.15, -0.1) is 0 Å². The van der Waals surface area contributed by atoms with Crippen LogP contribution in [0, 0.1) is 0 Å². The zero-order valence-corrected chi connectivity index (χ0v) is 9.14. The monoisotopic (exact) mass is 218 g/mol. The van der Waals surface area contributed by atoms with Gasteiger partial charge in [0.05, 0.1) is 13.2 Å². The predicted molar refractivity (Wildman–Crippen MR) is 60.7 cm³/mol. The van der Waals surface area contributed by atoms with Crippen molar-refractivity contribution in [3.05, 3.63) is 23.8 Å². The van der Waals surface area contributed by atoms with E-state index in [-0.39, 0.29) is 14.2 Å². The van der Waals surface area contributed by atoms with Gasteiger partial charge in [0.15, 0.2) is 0 Å². The van der Waals surface area contributed by atoms with Crippen molar-refractivity contribution < 1.29 is 18.6 Å². The van der Waals surface area contributed by atoms with E-state index in [9.17, 15) is 0 Å². The molecule has 2 aliphatic rings. The van der Waals surface area contributed by atoms with Crippen LogP contribution in [-0.4, -0.2) is 27.5 Å². The molecule has 0 atom stereocenters. The molecule has 1 saturated heterocycles. The Hall–Kier alpha value is -1.13. The van der Waals surface area contributed by atoms with Crippen LogP contribution in [0.15, 0.2) is 18.2 Å². The second kappa shape index (κ2) is 4.03. The molecule has 2 heterocycles. The van der Waals surface area contributed by atoms with Crippen molar-refractivity contribution in [3.63, 3.8) is 0 Å². The molecule has 0 aliphatic carbocycles. The van der Waals surface area contributed by atoms with Gasteiger partial charge in [0, 0.05) is 6.32 Å². The predicted octanol–water partition coefficient (Wildman–Crippen LogP) is 1.19. The number of hydrogen-bond acceptors (Lipinski definition) is 4. The first kappa shape index (κ1) is 10.1. The summed E-state index contributed by atoms with van der Waals surface area (Å²) in [6.45, 7) is 3.25. The quantitative estimate of drug-likeness (QED) is 0.698. The highest BCUT2D eigenvalue weighted by molar-refractivity contribution is 6.46. The molecule has 16 heavy (non-hydrogen) atoms. The standard InChI is InChI=1S/C10H12B2O4/c1-11-15-9-3-2-8(6-10(9)16-11)7-12-13-4-5-14-12/h2-3,6H,4-5,7H2,1H3. The minimum atomic E-state index is -0.191. The third-order valence-electron chi connectivity index (χ3n) is 2.69. The first-order valence-corrected chi connectivity index (χ1v) is 5.51. The summed E-state index contributed by atoms with van der Waals surface area (Å²) in [5.74, 6) is 1.62. The number of hydrogen-bond donors (Lipinski definition) is 0. The van der Waals surface area contributed by atoms with Gasteiger partial charge in [-0.1, -0.05) is 6.07 Å². The van der Waals surface area contributed by atoms with Crippen LogP contribution >= 0.6 is 0 Å². The van der Waals surface area contributed by atoms with Crippen LogP contribution in [-0.2, 0) is 15.6 Å². The Kier molecular flexibility index (Phi) is 2.53.